The maximum atomic E-state index is 4.49. The zero-order valence-corrected chi connectivity index (χ0v) is 11.9. The Morgan fingerprint density at radius 2 is 2.06 bits per heavy atom. The lowest BCUT2D eigenvalue weighted by atomic mass is 9.99. The highest BCUT2D eigenvalue weighted by Crippen LogP contribution is 2.21. The van der Waals surface area contributed by atoms with Gasteiger partial charge in [-0.25, -0.2) is 4.98 Å². The highest BCUT2D eigenvalue weighted by molar-refractivity contribution is 7.15. The zero-order chi connectivity index (χ0) is 12.3. The summed E-state index contributed by atoms with van der Waals surface area (Å²) >= 11 is 1.76. The van der Waals surface area contributed by atoms with Crippen LogP contribution in [0.2, 0.25) is 0 Å². The lowest BCUT2D eigenvalue weighted by Crippen LogP contribution is -2.36. The number of rotatable bonds is 4. The first-order valence-electron chi connectivity index (χ1n) is 6.55. The number of hydrogen-bond donors (Lipinski definition) is 1. The van der Waals surface area contributed by atoms with Gasteiger partial charge in [-0.3, -0.25) is 0 Å². The van der Waals surface area contributed by atoms with Crippen LogP contribution in [0.1, 0.15) is 30.3 Å². The third kappa shape index (κ3) is 3.68. The van der Waals surface area contributed by atoms with Crippen molar-refractivity contribution < 1.29 is 0 Å². The van der Waals surface area contributed by atoms with E-state index in [1.807, 2.05) is 0 Å². The third-order valence-corrected chi connectivity index (χ3v) is 4.64. The molecule has 0 spiro atoms. The van der Waals surface area contributed by atoms with Crippen LogP contribution in [0.4, 0.5) is 5.13 Å². The summed E-state index contributed by atoms with van der Waals surface area (Å²) in [5, 5.41) is 4.50. The zero-order valence-electron chi connectivity index (χ0n) is 11.1. The van der Waals surface area contributed by atoms with E-state index < -0.39 is 0 Å². The predicted octanol–water partition coefficient (Wildman–Crippen LogP) is 2.90. The molecule has 0 radical (unpaired) electrons. The largest absolute Gasteiger partial charge is 0.360 e. The van der Waals surface area contributed by atoms with Crippen LogP contribution >= 0.6 is 11.3 Å². The van der Waals surface area contributed by atoms with Crippen molar-refractivity contribution in [2.24, 2.45) is 5.92 Å². The monoisotopic (exact) mass is 253 g/mol. The van der Waals surface area contributed by atoms with Crippen LogP contribution in [-0.4, -0.2) is 36.1 Å². The van der Waals surface area contributed by atoms with E-state index in [-0.39, 0.29) is 0 Å². The number of hydrogen-bond acceptors (Lipinski definition) is 4. The normalized spacial score (nSPS) is 18.5. The van der Waals surface area contributed by atoms with Gasteiger partial charge in [0.05, 0.1) is 5.69 Å². The summed E-state index contributed by atoms with van der Waals surface area (Å²) in [5.41, 5.74) is 1.16. The Bertz CT molecular complexity index is 334. The molecule has 0 aliphatic carbocycles. The van der Waals surface area contributed by atoms with E-state index in [1.54, 1.807) is 11.3 Å². The molecule has 1 saturated heterocycles. The van der Waals surface area contributed by atoms with Gasteiger partial charge < -0.3 is 10.2 Å². The van der Waals surface area contributed by atoms with Gasteiger partial charge in [0.1, 0.15) is 0 Å². The van der Waals surface area contributed by atoms with Crippen molar-refractivity contribution in [1.29, 1.82) is 0 Å². The van der Waals surface area contributed by atoms with Crippen molar-refractivity contribution in [1.82, 2.24) is 9.88 Å². The molecule has 0 amide bonds. The Morgan fingerprint density at radius 1 is 1.35 bits per heavy atom. The second-order valence-electron chi connectivity index (χ2n) is 5.11. The molecule has 17 heavy (non-hydrogen) atoms. The van der Waals surface area contributed by atoms with Gasteiger partial charge in [-0.1, -0.05) is 6.92 Å². The quantitative estimate of drug-likeness (QED) is 0.894. The van der Waals surface area contributed by atoms with Crippen LogP contribution in [0.5, 0.6) is 0 Å². The fraction of sp³-hybridized carbons (Fsp3) is 0.769. The molecule has 1 fully saturated rings. The first-order valence-corrected chi connectivity index (χ1v) is 7.37. The minimum atomic E-state index is 0.920. The molecule has 1 aromatic heterocycles. The summed E-state index contributed by atoms with van der Waals surface area (Å²) < 4.78 is 0. The minimum Gasteiger partial charge on any atom is -0.360 e. The molecule has 0 bridgehead atoms. The van der Waals surface area contributed by atoms with Gasteiger partial charge in [-0.05, 0) is 45.7 Å². The van der Waals surface area contributed by atoms with Gasteiger partial charge in [-0.2, -0.15) is 0 Å². The average Bonchev–Trinajstić information content (AvgIpc) is 2.61. The molecule has 1 aromatic rings. The summed E-state index contributed by atoms with van der Waals surface area (Å²) in [6.45, 7) is 11.2. The molecule has 3 nitrogen and oxygen atoms in total. The van der Waals surface area contributed by atoms with Crippen molar-refractivity contribution >= 4 is 16.5 Å². The third-order valence-electron chi connectivity index (χ3n) is 3.61. The SMILES string of the molecule is Cc1nc(NCCN2CCC(C)CC2)sc1C. The first-order chi connectivity index (χ1) is 8.15. The molecule has 1 aliphatic rings. The first kappa shape index (κ1) is 12.8. The molecule has 0 saturated carbocycles. The molecule has 0 atom stereocenters. The summed E-state index contributed by atoms with van der Waals surface area (Å²) in [6.07, 6.45) is 2.71. The number of aromatic nitrogens is 1. The van der Waals surface area contributed by atoms with Crippen molar-refractivity contribution in [3.63, 3.8) is 0 Å². The van der Waals surface area contributed by atoms with Crippen LogP contribution in [0, 0.1) is 19.8 Å². The maximum absolute atomic E-state index is 4.49. The van der Waals surface area contributed by atoms with Gasteiger partial charge in [0, 0.05) is 18.0 Å². The molecule has 2 rings (SSSR count). The van der Waals surface area contributed by atoms with Gasteiger partial charge in [-0.15, -0.1) is 11.3 Å². The van der Waals surface area contributed by atoms with E-state index in [9.17, 15) is 0 Å². The molecule has 0 unspecified atom stereocenters. The molecule has 0 aromatic carbocycles. The minimum absolute atomic E-state index is 0.920. The Morgan fingerprint density at radius 3 is 2.65 bits per heavy atom. The number of anilines is 1. The van der Waals surface area contributed by atoms with Gasteiger partial charge in [0.15, 0.2) is 5.13 Å². The number of nitrogens with zero attached hydrogens (tertiary/aromatic N) is 2. The number of thiazole rings is 1. The Kier molecular flexibility index (Phi) is 4.40. The molecule has 4 heteroatoms. The van der Waals surface area contributed by atoms with Gasteiger partial charge in [0.25, 0.3) is 0 Å². The smallest absolute Gasteiger partial charge is 0.183 e. The average molecular weight is 253 g/mol. The van der Waals surface area contributed by atoms with E-state index in [2.05, 4.69) is 36.0 Å². The summed E-state index contributed by atoms with van der Waals surface area (Å²) in [5.74, 6) is 0.920. The Balaban J connectivity index is 1.69. The molecule has 1 N–H and O–H groups in total. The fourth-order valence-electron chi connectivity index (χ4n) is 2.15. The van der Waals surface area contributed by atoms with E-state index in [0.717, 1.165) is 29.8 Å². The van der Waals surface area contributed by atoms with Crippen LogP contribution in [0.3, 0.4) is 0 Å². The van der Waals surface area contributed by atoms with Gasteiger partial charge >= 0.3 is 0 Å². The summed E-state index contributed by atoms with van der Waals surface area (Å²) in [6, 6.07) is 0. The van der Waals surface area contributed by atoms with E-state index in [1.165, 1.54) is 30.8 Å². The number of piperidine rings is 1. The standard InChI is InChI=1S/C13H23N3S/c1-10-4-7-16(8-5-10)9-6-14-13-15-11(2)12(3)17-13/h10H,4-9H2,1-3H3,(H,14,15). The molecular weight excluding hydrogens is 230 g/mol. The highest BCUT2D eigenvalue weighted by atomic mass is 32.1. The second-order valence-corrected chi connectivity index (χ2v) is 6.31. The van der Waals surface area contributed by atoms with Crippen LogP contribution in [0.15, 0.2) is 0 Å². The van der Waals surface area contributed by atoms with Crippen LogP contribution in [-0.2, 0) is 0 Å². The van der Waals surface area contributed by atoms with Crippen molar-refractivity contribution in [3.05, 3.63) is 10.6 Å². The highest BCUT2D eigenvalue weighted by Gasteiger charge is 2.14. The predicted molar refractivity (Wildman–Crippen MR) is 74.9 cm³/mol. The molecular formula is C13H23N3S. The molecule has 1 aliphatic heterocycles. The lowest BCUT2D eigenvalue weighted by molar-refractivity contribution is 0.199. The molecule has 2 heterocycles. The number of likely N-dealkylation sites (tertiary alicyclic amines) is 1. The second kappa shape index (κ2) is 5.83. The fourth-order valence-corrected chi connectivity index (χ4v) is 3.00. The van der Waals surface area contributed by atoms with Crippen molar-refractivity contribution in [2.45, 2.75) is 33.6 Å². The van der Waals surface area contributed by atoms with Crippen molar-refractivity contribution in [2.75, 3.05) is 31.5 Å². The summed E-state index contributed by atoms with van der Waals surface area (Å²) in [7, 11) is 0. The lowest BCUT2D eigenvalue weighted by Gasteiger charge is -2.30. The van der Waals surface area contributed by atoms with Gasteiger partial charge in [0.2, 0.25) is 0 Å². The number of nitrogens with one attached hydrogen (secondary N) is 1. The van der Waals surface area contributed by atoms with Crippen LogP contribution in [0.25, 0.3) is 0 Å². The number of aryl methyl sites for hydroxylation is 2. The Labute approximate surface area is 108 Å². The summed E-state index contributed by atoms with van der Waals surface area (Å²) in [4.78, 5) is 8.37. The Hall–Kier alpha value is -0.610. The van der Waals surface area contributed by atoms with E-state index in [0.29, 0.717) is 0 Å². The molecule has 96 valence electrons. The van der Waals surface area contributed by atoms with Crippen LogP contribution < -0.4 is 5.32 Å². The van der Waals surface area contributed by atoms with E-state index in [4.69, 9.17) is 0 Å². The van der Waals surface area contributed by atoms with Crippen molar-refractivity contribution in [3.8, 4) is 0 Å². The maximum Gasteiger partial charge on any atom is 0.183 e. The topological polar surface area (TPSA) is 28.2 Å². The van der Waals surface area contributed by atoms with E-state index >= 15 is 0 Å².